The number of rotatable bonds is 6. The molecule has 0 atom stereocenters. The molecular weight excluding hydrogens is 406 g/mol. The SMILES string of the molecule is CCOc1ccc(S(=O)(=O)N2CCOCC2)cc1NC(=O)c1c(F)cccc1F. The second-order valence-electron chi connectivity index (χ2n) is 6.16. The van der Waals surface area contributed by atoms with Crippen molar-refractivity contribution >= 4 is 21.6 Å². The highest BCUT2D eigenvalue weighted by Crippen LogP contribution is 2.30. The van der Waals surface area contributed by atoms with Crippen LogP contribution in [0.1, 0.15) is 17.3 Å². The number of carbonyl (C=O) groups is 1. The van der Waals surface area contributed by atoms with E-state index in [1.54, 1.807) is 6.92 Å². The number of benzene rings is 2. The van der Waals surface area contributed by atoms with Crippen molar-refractivity contribution in [1.29, 1.82) is 0 Å². The lowest BCUT2D eigenvalue weighted by Gasteiger charge is -2.26. The quantitative estimate of drug-likeness (QED) is 0.768. The van der Waals surface area contributed by atoms with Gasteiger partial charge < -0.3 is 14.8 Å². The summed E-state index contributed by atoms with van der Waals surface area (Å²) < 4.78 is 65.4. The predicted octanol–water partition coefficient (Wildman–Crippen LogP) is 2.64. The number of hydrogen-bond donors (Lipinski definition) is 1. The van der Waals surface area contributed by atoms with Crippen LogP contribution < -0.4 is 10.1 Å². The van der Waals surface area contributed by atoms with Crippen LogP contribution in [-0.4, -0.2) is 51.5 Å². The Labute approximate surface area is 167 Å². The Morgan fingerprint density at radius 3 is 2.45 bits per heavy atom. The first kappa shape index (κ1) is 21.2. The van der Waals surface area contributed by atoms with Gasteiger partial charge in [-0.25, -0.2) is 17.2 Å². The molecule has 0 aromatic heterocycles. The normalized spacial score (nSPS) is 15.1. The molecule has 7 nitrogen and oxygen atoms in total. The molecule has 2 aromatic carbocycles. The second-order valence-corrected chi connectivity index (χ2v) is 8.10. The highest BCUT2D eigenvalue weighted by Gasteiger charge is 2.28. The molecule has 0 spiro atoms. The van der Waals surface area contributed by atoms with Crippen molar-refractivity contribution in [2.24, 2.45) is 0 Å². The van der Waals surface area contributed by atoms with Crippen LogP contribution in [0.3, 0.4) is 0 Å². The standard InChI is InChI=1S/C19H20F2N2O5S/c1-2-28-17-7-6-13(29(25,26)23-8-10-27-11-9-23)12-16(17)22-19(24)18-14(20)4-3-5-15(18)21/h3-7,12H,2,8-11H2,1H3,(H,22,24). The van der Waals surface area contributed by atoms with E-state index in [-0.39, 0.29) is 49.2 Å². The summed E-state index contributed by atoms with van der Waals surface area (Å²) in [5.41, 5.74) is -0.773. The molecule has 10 heteroatoms. The summed E-state index contributed by atoms with van der Waals surface area (Å²) in [4.78, 5) is 12.4. The van der Waals surface area contributed by atoms with Gasteiger partial charge in [-0.05, 0) is 37.3 Å². The van der Waals surface area contributed by atoms with Gasteiger partial charge in [-0.1, -0.05) is 6.07 Å². The summed E-state index contributed by atoms with van der Waals surface area (Å²) in [6.45, 7) is 2.93. The number of halogens is 2. The topological polar surface area (TPSA) is 84.9 Å². The molecule has 1 fully saturated rings. The van der Waals surface area contributed by atoms with Gasteiger partial charge in [-0.3, -0.25) is 4.79 Å². The molecule has 1 aliphatic heterocycles. The second kappa shape index (κ2) is 8.85. The van der Waals surface area contributed by atoms with E-state index in [0.717, 1.165) is 18.2 Å². The first-order valence-electron chi connectivity index (χ1n) is 8.94. The number of nitrogens with one attached hydrogen (secondary N) is 1. The fraction of sp³-hybridized carbons (Fsp3) is 0.316. The molecule has 0 unspecified atom stereocenters. The van der Waals surface area contributed by atoms with Crippen LogP contribution in [-0.2, 0) is 14.8 Å². The van der Waals surface area contributed by atoms with E-state index < -0.39 is 33.1 Å². The van der Waals surface area contributed by atoms with Crippen LogP contribution in [0.15, 0.2) is 41.3 Å². The van der Waals surface area contributed by atoms with Crippen molar-refractivity contribution < 1.29 is 31.5 Å². The lowest BCUT2D eigenvalue weighted by molar-refractivity contribution is 0.0730. The maximum atomic E-state index is 13.9. The third kappa shape index (κ3) is 4.55. The molecule has 1 heterocycles. The van der Waals surface area contributed by atoms with Gasteiger partial charge in [-0.2, -0.15) is 4.31 Å². The zero-order valence-corrected chi connectivity index (χ0v) is 16.5. The Morgan fingerprint density at radius 2 is 1.83 bits per heavy atom. The number of hydrogen-bond acceptors (Lipinski definition) is 5. The molecule has 1 amide bonds. The molecule has 1 N–H and O–H groups in total. The summed E-state index contributed by atoms with van der Waals surface area (Å²) in [7, 11) is -3.83. The Balaban J connectivity index is 1.96. The zero-order chi connectivity index (χ0) is 21.0. The maximum absolute atomic E-state index is 13.9. The van der Waals surface area contributed by atoms with E-state index in [2.05, 4.69) is 5.32 Å². The largest absolute Gasteiger partial charge is 0.492 e. The lowest BCUT2D eigenvalue weighted by Crippen LogP contribution is -2.40. The minimum Gasteiger partial charge on any atom is -0.492 e. The van der Waals surface area contributed by atoms with Crippen LogP contribution in [0, 0.1) is 11.6 Å². The summed E-state index contributed by atoms with van der Waals surface area (Å²) >= 11 is 0. The molecule has 1 aliphatic rings. The van der Waals surface area contributed by atoms with Gasteiger partial charge >= 0.3 is 0 Å². The Hall–Kier alpha value is -2.56. The Bertz CT molecular complexity index is 987. The predicted molar refractivity (Wildman–Crippen MR) is 102 cm³/mol. The van der Waals surface area contributed by atoms with Crippen LogP contribution in [0.2, 0.25) is 0 Å². The van der Waals surface area contributed by atoms with Gasteiger partial charge in [0, 0.05) is 13.1 Å². The zero-order valence-electron chi connectivity index (χ0n) is 15.7. The third-order valence-electron chi connectivity index (χ3n) is 4.30. The minimum absolute atomic E-state index is 0.00571. The van der Waals surface area contributed by atoms with Crippen molar-refractivity contribution in [1.82, 2.24) is 4.31 Å². The van der Waals surface area contributed by atoms with Crippen LogP contribution >= 0.6 is 0 Å². The highest BCUT2D eigenvalue weighted by molar-refractivity contribution is 7.89. The van der Waals surface area contributed by atoms with Crippen molar-refractivity contribution in [3.63, 3.8) is 0 Å². The van der Waals surface area contributed by atoms with Gasteiger partial charge in [-0.15, -0.1) is 0 Å². The molecule has 0 radical (unpaired) electrons. The van der Waals surface area contributed by atoms with Crippen molar-refractivity contribution in [2.75, 3.05) is 38.2 Å². The van der Waals surface area contributed by atoms with E-state index in [1.807, 2.05) is 0 Å². The Morgan fingerprint density at radius 1 is 1.17 bits per heavy atom. The van der Waals surface area contributed by atoms with E-state index in [9.17, 15) is 22.0 Å². The molecule has 156 valence electrons. The number of carbonyl (C=O) groups excluding carboxylic acids is 1. The average Bonchev–Trinajstić information content (AvgIpc) is 2.70. The highest BCUT2D eigenvalue weighted by atomic mass is 32.2. The average molecular weight is 426 g/mol. The first-order chi connectivity index (χ1) is 13.8. The maximum Gasteiger partial charge on any atom is 0.261 e. The first-order valence-corrected chi connectivity index (χ1v) is 10.4. The molecule has 0 saturated carbocycles. The smallest absolute Gasteiger partial charge is 0.261 e. The van der Waals surface area contributed by atoms with Crippen LogP contribution in [0.25, 0.3) is 0 Å². The minimum atomic E-state index is -3.83. The van der Waals surface area contributed by atoms with Crippen molar-refractivity contribution in [3.8, 4) is 5.75 Å². The molecule has 0 bridgehead atoms. The number of ether oxygens (including phenoxy) is 2. The number of nitrogens with zero attached hydrogens (tertiary/aromatic N) is 1. The van der Waals surface area contributed by atoms with E-state index >= 15 is 0 Å². The summed E-state index contributed by atoms with van der Waals surface area (Å²) in [5.74, 6) is -2.93. The van der Waals surface area contributed by atoms with Crippen molar-refractivity contribution in [2.45, 2.75) is 11.8 Å². The number of sulfonamides is 1. The van der Waals surface area contributed by atoms with Crippen molar-refractivity contribution in [3.05, 3.63) is 53.6 Å². The summed E-state index contributed by atoms with van der Waals surface area (Å²) in [6, 6.07) is 7.02. The van der Waals surface area contributed by atoms with Gasteiger partial charge in [0.2, 0.25) is 10.0 Å². The Kier molecular flexibility index (Phi) is 6.46. The van der Waals surface area contributed by atoms with E-state index in [4.69, 9.17) is 9.47 Å². The summed E-state index contributed by atoms with van der Waals surface area (Å²) in [6.07, 6.45) is 0. The fourth-order valence-corrected chi connectivity index (χ4v) is 4.32. The number of morpholine rings is 1. The summed E-state index contributed by atoms with van der Waals surface area (Å²) in [5, 5.41) is 2.36. The third-order valence-corrected chi connectivity index (χ3v) is 6.19. The van der Waals surface area contributed by atoms with Gasteiger partial charge in [0.1, 0.15) is 22.9 Å². The number of amides is 1. The molecule has 2 aromatic rings. The van der Waals surface area contributed by atoms with Crippen LogP contribution in [0.4, 0.5) is 14.5 Å². The monoisotopic (exact) mass is 426 g/mol. The van der Waals surface area contributed by atoms with E-state index in [0.29, 0.717) is 0 Å². The lowest BCUT2D eigenvalue weighted by atomic mass is 10.1. The van der Waals surface area contributed by atoms with E-state index in [1.165, 1.54) is 22.5 Å². The molecule has 1 saturated heterocycles. The van der Waals surface area contributed by atoms with Gasteiger partial charge in [0.15, 0.2) is 0 Å². The van der Waals surface area contributed by atoms with Gasteiger partial charge in [0.05, 0.1) is 30.4 Å². The molecular formula is C19H20F2N2O5S. The molecule has 29 heavy (non-hydrogen) atoms. The van der Waals surface area contributed by atoms with Gasteiger partial charge in [0.25, 0.3) is 5.91 Å². The fourth-order valence-electron chi connectivity index (χ4n) is 2.88. The molecule has 0 aliphatic carbocycles. The van der Waals surface area contributed by atoms with Crippen LogP contribution in [0.5, 0.6) is 5.75 Å². The number of anilines is 1. The molecule has 3 rings (SSSR count).